The number of alkyl halides is 12. The number of nitrogens with two attached hydrogens (primary N) is 1. The molecule has 0 aromatic heterocycles. The molecule has 14 heteroatoms. The van der Waals surface area contributed by atoms with Crippen LogP contribution >= 0.6 is 0 Å². The molecule has 2 nitrogen and oxygen atoms in total. The molecule has 0 spiro atoms. The number of nitrogens with zero attached hydrogens (tertiary/aromatic N) is 1. The maximum Gasteiger partial charge on any atom is 0.369 e. The predicted octanol–water partition coefficient (Wildman–Crippen LogP) is 4.01. The molecule has 0 aliphatic rings. The molecule has 2 N–H and O–H groups in total. The van der Waals surface area contributed by atoms with Crippen LogP contribution in [0.4, 0.5) is 52.7 Å². The molecule has 0 rings (SSSR count). The molecule has 146 valence electrons. The minimum atomic E-state index is -5.72. The van der Waals surface area contributed by atoms with Crippen molar-refractivity contribution in [2.45, 2.75) is 49.4 Å². The van der Waals surface area contributed by atoms with E-state index in [2.05, 4.69) is 0 Å². The Morgan fingerprint density at radius 2 is 0.875 bits per heavy atom. The zero-order valence-electron chi connectivity index (χ0n) is 11.5. The molecule has 0 aromatic rings. The summed E-state index contributed by atoms with van der Waals surface area (Å²) in [6, 6.07) is 0. The smallest absolute Gasteiger partial charge is 0.269 e. The SMILES string of the molecule is NN(CCC(F)(F)C(F)(F)C(F)F)CCC(F)(F)C(F)(F)C(F)F. The average molecular weight is 388 g/mol. The van der Waals surface area contributed by atoms with Gasteiger partial charge >= 0.3 is 36.5 Å². The van der Waals surface area contributed by atoms with Gasteiger partial charge in [0.25, 0.3) is 0 Å². The summed E-state index contributed by atoms with van der Waals surface area (Å²) in [6.45, 7) is -2.71. The summed E-state index contributed by atoms with van der Waals surface area (Å²) in [7, 11) is 0. The van der Waals surface area contributed by atoms with Gasteiger partial charge in [-0.2, -0.15) is 35.1 Å². The van der Waals surface area contributed by atoms with Gasteiger partial charge in [-0.15, -0.1) is 0 Å². The lowest BCUT2D eigenvalue weighted by molar-refractivity contribution is -0.269. The summed E-state index contributed by atoms with van der Waals surface area (Å²) in [4.78, 5) is 0. The third-order valence-corrected chi connectivity index (χ3v) is 2.95. The van der Waals surface area contributed by atoms with Gasteiger partial charge < -0.3 is 0 Å². The van der Waals surface area contributed by atoms with Gasteiger partial charge in [-0.1, -0.05) is 0 Å². The first-order valence-corrected chi connectivity index (χ1v) is 6.06. The predicted molar refractivity (Wildman–Crippen MR) is 56.8 cm³/mol. The first-order chi connectivity index (χ1) is 10.5. The molecule has 0 bridgehead atoms. The summed E-state index contributed by atoms with van der Waals surface area (Å²) in [5.41, 5.74) is 0. The van der Waals surface area contributed by atoms with E-state index in [9.17, 15) is 52.7 Å². The van der Waals surface area contributed by atoms with Gasteiger partial charge in [-0.25, -0.2) is 22.6 Å². The lowest BCUT2D eigenvalue weighted by Gasteiger charge is -2.29. The lowest BCUT2D eigenvalue weighted by Crippen LogP contribution is -2.50. The van der Waals surface area contributed by atoms with E-state index in [-0.39, 0.29) is 5.01 Å². The van der Waals surface area contributed by atoms with Crippen LogP contribution in [0.5, 0.6) is 0 Å². The van der Waals surface area contributed by atoms with Crippen LogP contribution in [0, 0.1) is 0 Å². The van der Waals surface area contributed by atoms with Crippen molar-refractivity contribution in [3.8, 4) is 0 Å². The van der Waals surface area contributed by atoms with Gasteiger partial charge in [0.2, 0.25) is 0 Å². The van der Waals surface area contributed by atoms with E-state index in [1.165, 1.54) is 0 Å². The zero-order chi connectivity index (χ0) is 19.6. The van der Waals surface area contributed by atoms with Crippen LogP contribution in [0.1, 0.15) is 12.8 Å². The molecule has 0 saturated carbocycles. The van der Waals surface area contributed by atoms with E-state index < -0.39 is 62.5 Å². The van der Waals surface area contributed by atoms with Gasteiger partial charge in [0.05, 0.1) is 0 Å². The van der Waals surface area contributed by atoms with Crippen LogP contribution < -0.4 is 5.84 Å². The van der Waals surface area contributed by atoms with Gasteiger partial charge in [0.1, 0.15) is 0 Å². The Kier molecular flexibility index (Phi) is 7.25. The van der Waals surface area contributed by atoms with E-state index >= 15 is 0 Å². The minimum Gasteiger partial charge on any atom is -0.269 e. The third kappa shape index (κ3) is 5.04. The molecule has 0 radical (unpaired) electrons. The highest BCUT2D eigenvalue weighted by atomic mass is 19.4. The quantitative estimate of drug-likeness (QED) is 0.348. The van der Waals surface area contributed by atoms with Gasteiger partial charge in [0, 0.05) is 25.9 Å². The molecule has 0 atom stereocenters. The van der Waals surface area contributed by atoms with Crippen molar-refractivity contribution in [1.29, 1.82) is 0 Å². The number of hydrogen-bond donors (Lipinski definition) is 1. The Morgan fingerprint density at radius 3 is 1.08 bits per heavy atom. The van der Waals surface area contributed by atoms with Crippen LogP contribution in [-0.4, -0.2) is 54.6 Å². The summed E-state index contributed by atoms with van der Waals surface area (Å²) in [5, 5.41) is -0.0646. The van der Waals surface area contributed by atoms with Crippen LogP contribution in [-0.2, 0) is 0 Å². The normalized spacial score (nSPS) is 15.0. The zero-order valence-corrected chi connectivity index (χ0v) is 11.5. The first kappa shape index (κ1) is 23.1. The standard InChI is InChI=1S/C10H12F12N2/c11-5(12)9(19,20)7(15,16)1-3-24(23)4-2-8(17,18)10(21,22)6(13)14/h5-6H,1-4,23H2. The van der Waals surface area contributed by atoms with Crippen molar-refractivity contribution in [2.24, 2.45) is 5.84 Å². The van der Waals surface area contributed by atoms with Gasteiger partial charge in [-0.3, -0.25) is 5.84 Å². The Morgan fingerprint density at radius 1 is 0.625 bits per heavy atom. The molecule has 0 aliphatic heterocycles. The van der Waals surface area contributed by atoms with Crippen molar-refractivity contribution < 1.29 is 52.7 Å². The second-order valence-electron chi connectivity index (χ2n) is 4.79. The molecule has 0 aliphatic carbocycles. The monoisotopic (exact) mass is 388 g/mol. The number of hydrazine groups is 1. The molecule has 0 fully saturated rings. The molecular formula is C10H12F12N2. The van der Waals surface area contributed by atoms with Crippen LogP contribution in [0.25, 0.3) is 0 Å². The highest BCUT2D eigenvalue weighted by molar-refractivity contribution is 4.89. The number of hydrogen-bond acceptors (Lipinski definition) is 2. The lowest BCUT2D eigenvalue weighted by atomic mass is 10.1. The molecule has 24 heavy (non-hydrogen) atoms. The average Bonchev–Trinajstić information content (AvgIpc) is 2.42. The summed E-state index contributed by atoms with van der Waals surface area (Å²) < 4.78 is 149. The third-order valence-electron chi connectivity index (χ3n) is 2.95. The second kappa shape index (κ2) is 7.54. The molecule has 0 heterocycles. The van der Waals surface area contributed by atoms with E-state index in [4.69, 9.17) is 5.84 Å². The van der Waals surface area contributed by atoms with Crippen LogP contribution in [0.3, 0.4) is 0 Å². The summed E-state index contributed by atoms with van der Waals surface area (Å²) in [5.74, 6) is -17.1. The fraction of sp³-hybridized carbons (Fsp3) is 1.00. The Bertz CT molecular complexity index is 361. The van der Waals surface area contributed by atoms with Gasteiger partial charge in [0.15, 0.2) is 0 Å². The van der Waals surface area contributed by atoms with Crippen molar-refractivity contribution in [3.63, 3.8) is 0 Å². The molecule has 0 amide bonds. The highest BCUT2D eigenvalue weighted by Crippen LogP contribution is 2.42. The Hall–Kier alpha value is -0.920. The maximum atomic E-state index is 12.9. The fourth-order valence-electron chi connectivity index (χ4n) is 1.33. The van der Waals surface area contributed by atoms with E-state index in [1.54, 1.807) is 0 Å². The largest absolute Gasteiger partial charge is 0.369 e. The topological polar surface area (TPSA) is 29.3 Å². The maximum absolute atomic E-state index is 12.9. The van der Waals surface area contributed by atoms with Gasteiger partial charge in [-0.05, 0) is 0 Å². The van der Waals surface area contributed by atoms with E-state index in [0.29, 0.717) is 0 Å². The molecule has 0 unspecified atom stereocenters. The summed E-state index contributed by atoms with van der Waals surface area (Å²) in [6.07, 6.45) is -13.4. The summed E-state index contributed by atoms with van der Waals surface area (Å²) >= 11 is 0. The number of rotatable bonds is 10. The van der Waals surface area contributed by atoms with E-state index in [0.717, 1.165) is 0 Å². The van der Waals surface area contributed by atoms with Crippen molar-refractivity contribution in [3.05, 3.63) is 0 Å². The Balaban J connectivity index is 4.65. The molecule has 0 aromatic carbocycles. The van der Waals surface area contributed by atoms with Crippen LogP contribution in [0.2, 0.25) is 0 Å². The second-order valence-corrected chi connectivity index (χ2v) is 4.79. The van der Waals surface area contributed by atoms with E-state index in [1.807, 2.05) is 0 Å². The van der Waals surface area contributed by atoms with Crippen molar-refractivity contribution >= 4 is 0 Å². The molecule has 0 saturated heterocycles. The highest BCUT2D eigenvalue weighted by Gasteiger charge is 2.63. The van der Waals surface area contributed by atoms with Crippen molar-refractivity contribution in [1.82, 2.24) is 5.01 Å². The fourth-order valence-corrected chi connectivity index (χ4v) is 1.33. The van der Waals surface area contributed by atoms with Crippen molar-refractivity contribution in [2.75, 3.05) is 13.1 Å². The molecular weight excluding hydrogens is 376 g/mol. The first-order valence-electron chi connectivity index (χ1n) is 6.06. The number of halogens is 12. The Labute approximate surface area is 127 Å². The van der Waals surface area contributed by atoms with Crippen LogP contribution in [0.15, 0.2) is 0 Å². The minimum absolute atomic E-state index is 0.0646.